The molecule has 4 aromatic heterocycles. The average molecular weight is 1470 g/mol. The number of fused-ring (bicyclic) bond motifs is 2. The lowest BCUT2D eigenvalue weighted by Crippen LogP contribution is -2.27. The van der Waals surface area contributed by atoms with Gasteiger partial charge in [0.25, 0.3) is 11.8 Å². The molecule has 20 nitrogen and oxygen atoms in total. The number of carbonyl (C=O) groups is 4. The van der Waals surface area contributed by atoms with E-state index in [0.717, 1.165) is 54.5 Å². The first-order valence-corrected chi connectivity index (χ1v) is 33.0. The molecule has 7 N–H and O–H groups in total. The first-order valence-electron chi connectivity index (χ1n) is 30.1. The third-order valence-corrected chi connectivity index (χ3v) is 14.9. The lowest BCUT2D eigenvalue weighted by molar-refractivity contribution is 0.0624. The predicted molar refractivity (Wildman–Crippen MR) is 398 cm³/mol. The van der Waals surface area contributed by atoms with Crippen LogP contribution in [0.1, 0.15) is 62.3 Å². The molecule has 0 bridgehead atoms. The molecular weight excluding hydrogens is 1400 g/mol. The van der Waals surface area contributed by atoms with Crippen molar-refractivity contribution in [1.82, 2.24) is 19.1 Å². The Hall–Kier alpha value is -11.1. The quantitative estimate of drug-likeness (QED) is 0.0664. The summed E-state index contributed by atoms with van der Waals surface area (Å²) in [6.45, 7) is 10.8. The van der Waals surface area contributed by atoms with Gasteiger partial charge in [0.15, 0.2) is 0 Å². The molecule has 0 spiro atoms. The second kappa shape index (κ2) is 34.7. The van der Waals surface area contributed by atoms with E-state index in [0.29, 0.717) is 66.9 Å². The highest BCUT2D eigenvalue weighted by Gasteiger charge is 2.21. The third kappa shape index (κ3) is 21.5. The van der Waals surface area contributed by atoms with Gasteiger partial charge < -0.3 is 40.3 Å². The number of nitrogens with two attached hydrogens (primary N) is 1. The second-order valence-electron chi connectivity index (χ2n) is 23.3. The Morgan fingerprint density at radius 2 is 0.838 bits per heavy atom. The highest BCUT2D eigenvalue weighted by Crippen LogP contribution is 2.38. The van der Waals surface area contributed by atoms with E-state index in [1.54, 1.807) is 114 Å². The maximum Gasteiger partial charge on any atom is 0.412 e. The van der Waals surface area contributed by atoms with Crippen molar-refractivity contribution in [3.63, 3.8) is 0 Å². The van der Waals surface area contributed by atoms with E-state index in [-0.39, 0.29) is 11.8 Å². The van der Waals surface area contributed by atoms with Crippen LogP contribution in [-0.4, -0.2) is 71.1 Å². The summed E-state index contributed by atoms with van der Waals surface area (Å²) in [5.74, 6) is 0.549. The Labute approximate surface area is 596 Å². The molecule has 12 aromatic rings. The number of amides is 4. The minimum Gasteiger partial charge on any atom is -0.444 e. The highest BCUT2D eigenvalue weighted by molar-refractivity contribution is 9.10. The van der Waals surface area contributed by atoms with Crippen molar-refractivity contribution in [2.75, 3.05) is 32.3 Å². The monoisotopic (exact) mass is 1470 g/mol. The molecule has 0 saturated heterocycles. The van der Waals surface area contributed by atoms with Crippen LogP contribution in [0, 0.1) is 0 Å². The smallest absolute Gasteiger partial charge is 0.412 e. The fourth-order valence-corrected chi connectivity index (χ4v) is 10.5. The summed E-state index contributed by atoms with van der Waals surface area (Å²) in [4.78, 5) is 58.3. The van der Waals surface area contributed by atoms with Gasteiger partial charge in [-0.05, 0) is 187 Å². The molecule has 504 valence electrons. The van der Waals surface area contributed by atoms with Gasteiger partial charge >= 0.3 is 35.3 Å². The Kier molecular flexibility index (Phi) is 25.9. The summed E-state index contributed by atoms with van der Waals surface area (Å²) in [7, 11) is 0. The normalized spacial score (nSPS) is 10.6. The number of para-hydroxylation sites is 4. The molecule has 8 aromatic carbocycles. The van der Waals surface area contributed by atoms with Crippen LogP contribution in [0.3, 0.4) is 0 Å². The average Bonchev–Trinajstić information content (AvgIpc) is 1.63. The second-order valence-corrected chi connectivity index (χ2v) is 25.3. The number of benzene rings is 8. The molecule has 0 saturated carbocycles. The first-order chi connectivity index (χ1) is 47.4. The van der Waals surface area contributed by atoms with Gasteiger partial charge in [-0.15, -0.1) is 0 Å². The molecular formula is C74H65BrCl2N10O10S2. The van der Waals surface area contributed by atoms with Crippen LogP contribution in [-0.2, 0) is 32.6 Å². The standard InChI is InChI=1S/C37H32ClN5O3.C19H14ClN3.C18H19BrN2O3.2O2S/c1-37(2,3)46-36(45)41-25-18-16-24(17-19-25)35(44)40-27-11-9-10-26(22-27)39-33-21-20-31(38)34(42-33)30-23-43(28-12-5-4-6-13-28)32-15-8-7-14-29(30)32;20-16-10-11-18(21)22-19(16)15-12-23(13-6-2-1-3-7-13)17-9-5-4-8-14(15)17;1-18(2,3)24-17(23)21-14-9-7-12(8-10-14)16(22)20-15-6-4-5-13(19)11-15;2*1-3-2/h4-23H,1-3H3,(H,39,42)(H,40,44)(H,41,45);1-12H,(H2,21,22);4-11H,1-3H3,(H,20,22)(H,21,23);;. The highest BCUT2D eigenvalue weighted by atomic mass is 79.9. The Morgan fingerprint density at radius 1 is 0.444 bits per heavy atom. The van der Waals surface area contributed by atoms with Gasteiger partial charge in [0.2, 0.25) is 0 Å². The molecule has 0 aliphatic heterocycles. The number of hydrogen-bond donors (Lipinski definition) is 6. The number of ether oxygens (including phenoxy) is 2. The maximum atomic E-state index is 13.0. The van der Waals surface area contributed by atoms with E-state index in [1.807, 2.05) is 109 Å². The largest absolute Gasteiger partial charge is 0.444 e. The zero-order valence-electron chi connectivity index (χ0n) is 54.0. The molecule has 0 aliphatic carbocycles. The molecule has 0 atom stereocenters. The molecule has 4 amide bonds. The molecule has 99 heavy (non-hydrogen) atoms. The summed E-state index contributed by atoms with van der Waals surface area (Å²) >= 11 is 14.9. The van der Waals surface area contributed by atoms with E-state index in [2.05, 4.69) is 118 Å². The van der Waals surface area contributed by atoms with Gasteiger partial charge in [0, 0.05) is 89.7 Å². The summed E-state index contributed by atoms with van der Waals surface area (Å²) in [6.07, 6.45) is 3.03. The number of nitrogen functional groups attached to an aromatic ring is 1. The van der Waals surface area contributed by atoms with Crippen molar-refractivity contribution in [3.05, 3.63) is 269 Å². The molecule has 0 aliphatic rings. The van der Waals surface area contributed by atoms with Crippen LogP contribution in [0.4, 0.5) is 49.7 Å². The van der Waals surface area contributed by atoms with Gasteiger partial charge in [-0.3, -0.25) is 20.2 Å². The summed E-state index contributed by atoms with van der Waals surface area (Å²) in [6, 6.07) is 71.7. The van der Waals surface area contributed by atoms with Crippen LogP contribution in [0.2, 0.25) is 10.0 Å². The molecule has 0 fully saturated rings. The number of hydrogen-bond acceptors (Lipinski definition) is 14. The van der Waals surface area contributed by atoms with Crippen molar-refractivity contribution >= 4 is 148 Å². The van der Waals surface area contributed by atoms with E-state index >= 15 is 0 Å². The molecule has 12 rings (SSSR count). The zero-order valence-corrected chi connectivity index (χ0v) is 58.7. The Balaban J connectivity index is 0.000000198. The van der Waals surface area contributed by atoms with Gasteiger partial charge in [0.1, 0.15) is 22.8 Å². The predicted octanol–water partition coefficient (Wildman–Crippen LogP) is 18.3. The van der Waals surface area contributed by atoms with E-state index in [4.69, 9.17) is 60.2 Å². The minimum atomic E-state index is -0.750. The number of rotatable bonds is 12. The lowest BCUT2D eigenvalue weighted by atomic mass is 10.1. The fraction of sp³-hybridized carbons (Fsp3) is 0.108. The van der Waals surface area contributed by atoms with Crippen LogP contribution in [0.15, 0.2) is 247 Å². The molecule has 25 heteroatoms. The maximum absolute atomic E-state index is 13.0. The van der Waals surface area contributed by atoms with Gasteiger partial charge in [-0.2, -0.15) is 16.8 Å². The summed E-state index contributed by atoms with van der Waals surface area (Å²) in [5, 5.41) is 17.6. The topological polar surface area (TPSA) is 277 Å². The van der Waals surface area contributed by atoms with Crippen molar-refractivity contribution < 1.29 is 45.5 Å². The van der Waals surface area contributed by atoms with Gasteiger partial charge in [-0.25, -0.2) is 19.6 Å². The van der Waals surface area contributed by atoms with Crippen molar-refractivity contribution in [2.24, 2.45) is 0 Å². The van der Waals surface area contributed by atoms with Crippen molar-refractivity contribution in [1.29, 1.82) is 0 Å². The number of carbonyl (C=O) groups excluding carboxylic acids is 4. The van der Waals surface area contributed by atoms with Crippen molar-refractivity contribution in [3.8, 4) is 33.9 Å². The third-order valence-electron chi connectivity index (χ3n) is 13.8. The number of halogens is 3. The number of pyridine rings is 2. The molecule has 4 heterocycles. The zero-order chi connectivity index (χ0) is 71.2. The van der Waals surface area contributed by atoms with Crippen LogP contribution in [0.5, 0.6) is 0 Å². The van der Waals surface area contributed by atoms with Gasteiger partial charge in [0.05, 0.1) is 32.5 Å². The first kappa shape index (κ1) is 73.7. The van der Waals surface area contributed by atoms with Crippen LogP contribution < -0.4 is 32.3 Å². The van der Waals surface area contributed by atoms with Crippen LogP contribution >= 0.6 is 39.1 Å². The molecule has 0 unspecified atom stereocenters. The van der Waals surface area contributed by atoms with E-state index < -0.39 is 46.5 Å². The fourth-order valence-electron chi connectivity index (χ4n) is 9.74. The molecule has 0 radical (unpaired) electrons. The SMILES string of the molecule is CC(C)(C)OC(=O)Nc1ccc(C(=O)Nc2cccc(Br)c2)cc1.CC(C)(C)OC(=O)Nc1ccc(C(=O)Nc2cccc(Nc3ccc(Cl)c(-c4cn(-c5ccccc5)c5ccccc45)n3)c2)cc1.Nc1ccc(Cl)c(-c2cn(-c3ccccc3)c3ccccc23)n1.O=S=O.O=S=O. The number of nitrogens with zero attached hydrogens (tertiary/aromatic N) is 4. The Bertz CT molecular complexity index is 4880. The minimum absolute atomic E-state index is 0.225. The summed E-state index contributed by atoms with van der Waals surface area (Å²) in [5.41, 5.74) is 16.3. The number of aromatic nitrogens is 4. The Morgan fingerprint density at radius 3 is 1.28 bits per heavy atom. The van der Waals surface area contributed by atoms with Gasteiger partial charge in [-0.1, -0.05) is 124 Å². The number of anilines is 7. The van der Waals surface area contributed by atoms with Crippen LogP contribution in [0.25, 0.3) is 55.7 Å². The van der Waals surface area contributed by atoms with E-state index in [1.165, 1.54) is 0 Å². The van der Waals surface area contributed by atoms with Crippen molar-refractivity contribution in [2.45, 2.75) is 52.7 Å². The summed E-state index contributed by atoms with van der Waals surface area (Å²) < 4.78 is 48.8. The van der Waals surface area contributed by atoms with E-state index in [9.17, 15) is 19.2 Å². The number of nitrogens with one attached hydrogen (secondary N) is 5. The lowest BCUT2D eigenvalue weighted by Gasteiger charge is -2.19.